The van der Waals surface area contributed by atoms with Crippen LogP contribution < -0.4 is 0 Å². The molecule has 0 fully saturated rings. The maximum absolute atomic E-state index is 13.8. The van der Waals surface area contributed by atoms with Gasteiger partial charge < -0.3 is 9.13 Å². The average Bonchev–Trinajstić information content (AvgIpc) is 3.49. The van der Waals surface area contributed by atoms with Crippen LogP contribution in [0.2, 0.25) is 0 Å². The maximum atomic E-state index is 13.8. The minimum atomic E-state index is -4.42. The Hall–Kier alpha value is -4.25. The van der Waals surface area contributed by atoms with Crippen molar-refractivity contribution in [3.8, 4) is 11.4 Å². The molecule has 4 aromatic carbocycles. The number of para-hydroxylation sites is 3. The summed E-state index contributed by atoms with van der Waals surface area (Å²) in [5.74, 6) is 0. The summed E-state index contributed by atoms with van der Waals surface area (Å²) in [5.41, 5.74) is 4.39. The van der Waals surface area contributed by atoms with Gasteiger partial charge >= 0.3 is 6.18 Å². The molecule has 5 heteroatoms. The van der Waals surface area contributed by atoms with Gasteiger partial charge in [-0.1, -0.05) is 68.4 Å². The fourth-order valence-electron chi connectivity index (χ4n) is 5.33. The molecular formula is C32H25F3N2. The van der Waals surface area contributed by atoms with E-state index in [4.69, 9.17) is 0 Å². The van der Waals surface area contributed by atoms with Crippen molar-refractivity contribution < 1.29 is 13.2 Å². The van der Waals surface area contributed by atoms with Crippen molar-refractivity contribution in [1.82, 2.24) is 9.13 Å². The summed E-state index contributed by atoms with van der Waals surface area (Å²) in [7, 11) is 0. The van der Waals surface area contributed by atoms with E-state index < -0.39 is 17.2 Å². The van der Waals surface area contributed by atoms with Crippen LogP contribution in [0.15, 0.2) is 116 Å². The van der Waals surface area contributed by atoms with Crippen molar-refractivity contribution in [2.24, 2.45) is 0 Å². The number of hydrogen-bond acceptors (Lipinski definition) is 0. The van der Waals surface area contributed by atoms with Gasteiger partial charge in [0.15, 0.2) is 0 Å². The smallest absolute Gasteiger partial charge is 0.316 e. The average molecular weight is 495 g/mol. The Balaban J connectivity index is 1.63. The fraction of sp³-hybridized carbons (Fsp3) is 0.125. The van der Waals surface area contributed by atoms with Crippen LogP contribution in [-0.2, 0) is 11.6 Å². The van der Waals surface area contributed by atoms with Crippen LogP contribution in [0, 0.1) is 0 Å². The number of hydrogen-bond donors (Lipinski definition) is 0. The van der Waals surface area contributed by atoms with Gasteiger partial charge in [0.05, 0.1) is 16.6 Å². The molecule has 0 aliphatic rings. The molecular weight excluding hydrogens is 469 g/mol. The number of alkyl halides is 3. The monoisotopic (exact) mass is 494 g/mol. The van der Waals surface area contributed by atoms with Crippen LogP contribution in [0.1, 0.15) is 30.5 Å². The predicted molar refractivity (Wildman–Crippen MR) is 144 cm³/mol. The van der Waals surface area contributed by atoms with Gasteiger partial charge in [-0.25, -0.2) is 0 Å². The van der Waals surface area contributed by atoms with E-state index in [1.807, 2.05) is 71.4 Å². The fourth-order valence-corrected chi connectivity index (χ4v) is 5.33. The topological polar surface area (TPSA) is 9.86 Å². The number of rotatable bonds is 4. The highest BCUT2D eigenvalue weighted by atomic mass is 19.4. The highest BCUT2D eigenvalue weighted by molar-refractivity contribution is 5.91. The summed E-state index contributed by atoms with van der Waals surface area (Å²) in [5, 5.41) is 1.67. The van der Waals surface area contributed by atoms with E-state index in [0.717, 1.165) is 38.9 Å². The zero-order valence-electron chi connectivity index (χ0n) is 20.5. The zero-order valence-corrected chi connectivity index (χ0v) is 20.5. The Labute approximate surface area is 213 Å². The van der Waals surface area contributed by atoms with Crippen LogP contribution in [0.25, 0.3) is 33.2 Å². The van der Waals surface area contributed by atoms with Crippen LogP contribution in [0.4, 0.5) is 13.2 Å². The lowest BCUT2D eigenvalue weighted by Gasteiger charge is -2.25. The first kappa shape index (κ1) is 23.2. The lowest BCUT2D eigenvalue weighted by molar-refractivity contribution is -0.137. The molecule has 0 saturated heterocycles. The summed E-state index contributed by atoms with van der Waals surface area (Å²) < 4.78 is 45.5. The van der Waals surface area contributed by atoms with E-state index in [9.17, 15) is 13.2 Å². The standard InChI is InChI=1S/C32H25F3N2/c1-31(2,27-20-36(23-11-5-3-6-12-23)29-16-10-9-15-25(27)29)28-21-37(24-13-7-4-8-14-24)30-18-17-22(19-26(28)30)32(33,34)35/h3-21H,1-2H3. The van der Waals surface area contributed by atoms with E-state index in [1.54, 1.807) is 6.07 Å². The van der Waals surface area contributed by atoms with Crippen molar-refractivity contribution in [1.29, 1.82) is 0 Å². The molecule has 2 aromatic heterocycles. The largest absolute Gasteiger partial charge is 0.416 e. The van der Waals surface area contributed by atoms with Crippen LogP contribution in [0.3, 0.4) is 0 Å². The van der Waals surface area contributed by atoms with E-state index in [-0.39, 0.29) is 0 Å². The first-order valence-electron chi connectivity index (χ1n) is 12.2. The third-order valence-corrected chi connectivity index (χ3v) is 7.26. The van der Waals surface area contributed by atoms with Gasteiger partial charge in [0, 0.05) is 40.0 Å². The normalized spacial score (nSPS) is 12.5. The molecule has 37 heavy (non-hydrogen) atoms. The van der Waals surface area contributed by atoms with Crippen molar-refractivity contribution in [3.05, 3.63) is 132 Å². The van der Waals surface area contributed by atoms with Crippen molar-refractivity contribution in [3.63, 3.8) is 0 Å². The Morgan fingerprint density at radius 1 is 0.541 bits per heavy atom. The lowest BCUT2D eigenvalue weighted by Crippen LogP contribution is -2.18. The summed E-state index contributed by atoms with van der Waals surface area (Å²) in [4.78, 5) is 0. The van der Waals surface area contributed by atoms with Gasteiger partial charge in [-0.2, -0.15) is 13.2 Å². The maximum Gasteiger partial charge on any atom is 0.416 e. The quantitative estimate of drug-likeness (QED) is 0.232. The molecule has 0 amide bonds. The third-order valence-electron chi connectivity index (χ3n) is 7.26. The number of aromatic nitrogens is 2. The van der Waals surface area contributed by atoms with Crippen LogP contribution in [-0.4, -0.2) is 9.13 Å². The van der Waals surface area contributed by atoms with E-state index in [1.165, 1.54) is 12.1 Å². The molecule has 0 bridgehead atoms. The Bertz CT molecular complexity index is 1720. The number of nitrogens with zero attached hydrogens (tertiary/aromatic N) is 2. The molecule has 2 nitrogen and oxygen atoms in total. The molecule has 0 atom stereocenters. The van der Waals surface area contributed by atoms with Gasteiger partial charge in [-0.15, -0.1) is 0 Å². The Kier molecular flexibility index (Phi) is 5.27. The molecule has 6 aromatic rings. The minimum absolute atomic E-state index is 0.595. The Morgan fingerprint density at radius 2 is 1.03 bits per heavy atom. The van der Waals surface area contributed by atoms with E-state index in [2.05, 4.69) is 48.9 Å². The van der Waals surface area contributed by atoms with Crippen LogP contribution in [0.5, 0.6) is 0 Å². The van der Waals surface area contributed by atoms with Crippen molar-refractivity contribution >= 4 is 21.8 Å². The summed E-state index contributed by atoms with van der Waals surface area (Å²) >= 11 is 0. The van der Waals surface area contributed by atoms with E-state index >= 15 is 0 Å². The van der Waals surface area contributed by atoms with Gasteiger partial charge in [0.2, 0.25) is 0 Å². The van der Waals surface area contributed by atoms with E-state index in [0.29, 0.717) is 5.39 Å². The predicted octanol–water partition coefficient (Wildman–Crippen LogP) is 8.92. The number of fused-ring (bicyclic) bond motifs is 2. The molecule has 0 N–H and O–H groups in total. The first-order chi connectivity index (χ1) is 17.7. The highest BCUT2D eigenvalue weighted by Crippen LogP contribution is 2.43. The van der Waals surface area contributed by atoms with Crippen molar-refractivity contribution in [2.75, 3.05) is 0 Å². The second-order valence-corrected chi connectivity index (χ2v) is 9.87. The second kappa shape index (κ2) is 8.41. The molecule has 0 spiro atoms. The van der Waals surface area contributed by atoms with Crippen LogP contribution >= 0.6 is 0 Å². The molecule has 2 heterocycles. The van der Waals surface area contributed by atoms with Gasteiger partial charge in [0.1, 0.15) is 0 Å². The Morgan fingerprint density at radius 3 is 1.59 bits per heavy atom. The summed E-state index contributed by atoms with van der Waals surface area (Å²) in [6.45, 7) is 4.18. The molecule has 184 valence electrons. The summed E-state index contributed by atoms with van der Waals surface area (Å²) in [6.07, 6.45) is -0.304. The molecule has 0 unspecified atom stereocenters. The summed E-state index contributed by atoms with van der Waals surface area (Å²) in [6, 6.07) is 32.1. The molecule has 0 aliphatic carbocycles. The highest BCUT2D eigenvalue weighted by Gasteiger charge is 2.34. The first-order valence-corrected chi connectivity index (χ1v) is 12.2. The number of halogens is 3. The second-order valence-electron chi connectivity index (χ2n) is 9.87. The lowest BCUT2D eigenvalue weighted by atomic mass is 9.78. The van der Waals surface area contributed by atoms with Gasteiger partial charge in [-0.3, -0.25) is 0 Å². The SMILES string of the molecule is CC(C)(c1cn(-c2ccccc2)c2ccccc12)c1cn(-c2ccccc2)c2ccc(C(F)(F)F)cc12. The minimum Gasteiger partial charge on any atom is -0.316 e. The van der Waals surface area contributed by atoms with Crippen molar-refractivity contribution in [2.45, 2.75) is 25.4 Å². The molecule has 6 rings (SSSR count). The molecule has 0 radical (unpaired) electrons. The number of benzene rings is 4. The molecule has 0 saturated carbocycles. The van der Waals surface area contributed by atoms with Gasteiger partial charge in [-0.05, 0) is 59.7 Å². The molecule has 0 aliphatic heterocycles. The third kappa shape index (κ3) is 3.82. The van der Waals surface area contributed by atoms with Gasteiger partial charge in [0.25, 0.3) is 0 Å². The zero-order chi connectivity index (χ0) is 25.8.